The maximum absolute atomic E-state index is 14.3. The number of nitrogens with one attached hydrogen (secondary N) is 1. The molecule has 1 atom stereocenters. The molecule has 0 unspecified atom stereocenters. The molecule has 7 nitrogen and oxygen atoms in total. The summed E-state index contributed by atoms with van der Waals surface area (Å²) < 4.78 is 39.8. The van der Waals surface area contributed by atoms with Crippen LogP contribution < -0.4 is 9.62 Å². The van der Waals surface area contributed by atoms with Crippen molar-refractivity contribution in [3.63, 3.8) is 0 Å². The van der Waals surface area contributed by atoms with Crippen molar-refractivity contribution in [3.8, 4) is 0 Å². The Kier molecular flexibility index (Phi) is 9.68. The third-order valence-electron chi connectivity index (χ3n) is 5.18. The quantitative estimate of drug-likeness (QED) is 0.499. The van der Waals surface area contributed by atoms with Crippen LogP contribution in [-0.4, -0.2) is 49.5 Å². The molecule has 0 spiro atoms. The molecule has 10 heteroatoms. The van der Waals surface area contributed by atoms with Crippen LogP contribution in [0.5, 0.6) is 0 Å². The molecule has 0 aliphatic heterocycles. The average Bonchev–Trinajstić information content (AvgIpc) is 2.73. The topological polar surface area (TPSA) is 86.8 Å². The van der Waals surface area contributed by atoms with Gasteiger partial charge in [-0.2, -0.15) is 0 Å². The summed E-state index contributed by atoms with van der Waals surface area (Å²) in [5.74, 6) is -1.31. The minimum absolute atomic E-state index is 0.0336. The molecule has 2 rings (SSSR count). The van der Waals surface area contributed by atoms with Gasteiger partial charge in [0.1, 0.15) is 11.9 Å². The molecule has 2 aromatic rings. The second-order valence-electron chi connectivity index (χ2n) is 9.46. The third-order valence-corrected chi connectivity index (χ3v) is 6.60. The van der Waals surface area contributed by atoms with Gasteiger partial charge < -0.3 is 10.2 Å². The fourth-order valence-corrected chi connectivity index (χ4v) is 4.70. The smallest absolute Gasteiger partial charge is 0.242 e. The summed E-state index contributed by atoms with van der Waals surface area (Å²) in [6.45, 7) is 7.27. The molecular weight excluding hydrogens is 493 g/mol. The normalized spacial score (nSPS) is 12.7. The predicted octanol–water partition coefficient (Wildman–Crippen LogP) is 4.36. The minimum atomic E-state index is -3.77. The maximum Gasteiger partial charge on any atom is 0.242 e. The van der Waals surface area contributed by atoms with E-state index >= 15 is 0 Å². The van der Waals surface area contributed by atoms with E-state index in [1.165, 1.54) is 23.1 Å². The number of sulfonamides is 1. The molecule has 0 aromatic heterocycles. The van der Waals surface area contributed by atoms with Gasteiger partial charge in [0.05, 0.1) is 11.9 Å². The van der Waals surface area contributed by atoms with Crippen LogP contribution in [-0.2, 0) is 26.2 Å². The highest BCUT2D eigenvalue weighted by molar-refractivity contribution is 7.92. The van der Waals surface area contributed by atoms with Crippen molar-refractivity contribution in [2.75, 3.05) is 17.1 Å². The maximum atomic E-state index is 14.3. The summed E-state index contributed by atoms with van der Waals surface area (Å²) in [6, 6.07) is 11.8. The summed E-state index contributed by atoms with van der Waals surface area (Å²) in [5.41, 5.74) is 0.202. The summed E-state index contributed by atoms with van der Waals surface area (Å²) in [6.07, 6.45) is 1.10. The number of carbonyl (C=O) groups excluding carboxylic acids is 2. The lowest BCUT2D eigenvalue weighted by atomic mass is 10.1. The van der Waals surface area contributed by atoms with Crippen molar-refractivity contribution in [2.24, 2.45) is 0 Å². The van der Waals surface area contributed by atoms with E-state index in [9.17, 15) is 22.4 Å². The van der Waals surface area contributed by atoms with Crippen molar-refractivity contribution in [2.45, 2.75) is 58.7 Å². The highest BCUT2D eigenvalue weighted by Gasteiger charge is 2.29. The van der Waals surface area contributed by atoms with Crippen LogP contribution in [0.15, 0.2) is 48.5 Å². The van der Waals surface area contributed by atoms with Gasteiger partial charge in [-0.25, -0.2) is 12.8 Å². The molecule has 192 valence electrons. The number of amides is 2. The Hall–Kier alpha value is -2.65. The zero-order valence-corrected chi connectivity index (χ0v) is 22.3. The standard InChI is InChI=1S/C25H33ClFN3O4S/c1-18(24(32)28-25(2,3)4)29(17-19-10-8-11-20(26)16-19)23(31)14-9-15-30(35(5,33)34)22-13-7-6-12-21(22)27/h6-8,10-13,16,18H,9,14-15,17H2,1-5H3,(H,28,32)/t18-/m0/s1. The molecule has 0 saturated heterocycles. The van der Waals surface area contributed by atoms with Crippen LogP contribution in [0.1, 0.15) is 46.1 Å². The van der Waals surface area contributed by atoms with Gasteiger partial charge in [0, 0.05) is 30.1 Å². The highest BCUT2D eigenvalue weighted by Crippen LogP contribution is 2.22. The third kappa shape index (κ3) is 8.81. The first kappa shape index (κ1) is 28.6. The van der Waals surface area contributed by atoms with E-state index in [4.69, 9.17) is 11.6 Å². The van der Waals surface area contributed by atoms with Crippen molar-refractivity contribution in [3.05, 3.63) is 64.9 Å². The van der Waals surface area contributed by atoms with E-state index in [2.05, 4.69) is 5.32 Å². The Morgan fingerprint density at radius 1 is 1.11 bits per heavy atom. The summed E-state index contributed by atoms with van der Waals surface area (Å²) in [5, 5.41) is 3.39. The first-order chi connectivity index (χ1) is 16.2. The lowest BCUT2D eigenvalue weighted by Crippen LogP contribution is -2.52. The monoisotopic (exact) mass is 525 g/mol. The van der Waals surface area contributed by atoms with Gasteiger partial charge in [0.25, 0.3) is 0 Å². The van der Waals surface area contributed by atoms with Gasteiger partial charge in [-0.15, -0.1) is 0 Å². The van der Waals surface area contributed by atoms with E-state index in [1.54, 1.807) is 31.2 Å². The number of rotatable bonds is 10. The fraction of sp³-hybridized carbons (Fsp3) is 0.440. The van der Waals surface area contributed by atoms with Crippen LogP contribution in [0.2, 0.25) is 5.02 Å². The van der Waals surface area contributed by atoms with Gasteiger partial charge in [-0.1, -0.05) is 35.9 Å². The van der Waals surface area contributed by atoms with Crippen molar-refractivity contribution >= 4 is 39.1 Å². The molecule has 0 bridgehead atoms. The van der Waals surface area contributed by atoms with Gasteiger partial charge in [0.2, 0.25) is 21.8 Å². The Morgan fingerprint density at radius 2 is 1.77 bits per heavy atom. The number of hydrogen-bond acceptors (Lipinski definition) is 4. The molecule has 0 fully saturated rings. The van der Waals surface area contributed by atoms with E-state index in [1.807, 2.05) is 26.8 Å². The zero-order valence-electron chi connectivity index (χ0n) is 20.7. The van der Waals surface area contributed by atoms with Crippen LogP contribution in [0.4, 0.5) is 10.1 Å². The fourth-order valence-electron chi connectivity index (χ4n) is 3.53. The first-order valence-electron chi connectivity index (χ1n) is 11.3. The first-order valence-corrected chi connectivity index (χ1v) is 13.5. The number of benzene rings is 2. The van der Waals surface area contributed by atoms with Crippen molar-refractivity contribution in [1.82, 2.24) is 10.2 Å². The Labute approximate surface area is 212 Å². The summed E-state index contributed by atoms with van der Waals surface area (Å²) in [4.78, 5) is 27.5. The average molecular weight is 526 g/mol. The number of para-hydroxylation sites is 1. The number of hydrogen-bond donors (Lipinski definition) is 1. The number of anilines is 1. The van der Waals surface area contributed by atoms with Crippen molar-refractivity contribution in [1.29, 1.82) is 0 Å². The second-order valence-corrected chi connectivity index (χ2v) is 11.8. The molecule has 35 heavy (non-hydrogen) atoms. The lowest BCUT2D eigenvalue weighted by molar-refractivity contribution is -0.141. The zero-order chi connectivity index (χ0) is 26.4. The molecule has 1 N–H and O–H groups in total. The van der Waals surface area contributed by atoms with Crippen LogP contribution in [0, 0.1) is 5.82 Å². The van der Waals surface area contributed by atoms with E-state index in [0.717, 1.165) is 16.1 Å². The Morgan fingerprint density at radius 3 is 2.34 bits per heavy atom. The van der Waals surface area contributed by atoms with Crippen LogP contribution in [0.3, 0.4) is 0 Å². The number of halogens is 2. The van der Waals surface area contributed by atoms with Gasteiger partial charge in [-0.05, 0) is 63.9 Å². The molecule has 0 heterocycles. The minimum Gasteiger partial charge on any atom is -0.350 e. The molecule has 2 aromatic carbocycles. The Bertz CT molecular complexity index is 1150. The van der Waals surface area contributed by atoms with Gasteiger partial charge >= 0.3 is 0 Å². The lowest BCUT2D eigenvalue weighted by Gasteiger charge is -2.32. The molecular formula is C25H33ClFN3O4S. The second kappa shape index (κ2) is 11.9. The van der Waals surface area contributed by atoms with E-state index in [-0.39, 0.29) is 43.4 Å². The molecule has 0 radical (unpaired) electrons. The molecule has 2 amide bonds. The van der Waals surface area contributed by atoms with Gasteiger partial charge in [-0.3, -0.25) is 13.9 Å². The molecule has 0 aliphatic rings. The summed E-state index contributed by atoms with van der Waals surface area (Å²) >= 11 is 6.09. The van der Waals surface area contributed by atoms with E-state index in [0.29, 0.717) is 5.02 Å². The Balaban J connectivity index is 2.20. The predicted molar refractivity (Wildman–Crippen MR) is 137 cm³/mol. The van der Waals surface area contributed by atoms with Crippen LogP contribution >= 0.6 is 11.6 Å². The van der Waals surface area contributed by atoms with Gasteiger partial charge in [0.15, 0.2) is 0 Å². The van der Waals surface area contributed by atoms with Crippen molar-refractivity contribution < 1.29 is 22.4 Å². The van der Waals surface area contributed by atoms with E-state index < -0.39 is 27.4 Å². The van der Waals surface area contributed by atoms with Crippen LogP contribution in [0.25, 0.3) is 0 Å². The SMILES string of the molecule is C[C@@H](C(=O)NC(C)(C)C)N(Cc1cccc(Cl)c1)C(=O)CCCN(c1ccccc1F)S(C)(=O)=O. The summed E-state index contributed by atoms with van der Waals surface area (Å²) in [7, 11) is -3.77. The largest absolute Gasteiger partial charge is 0.350 e. The number of carbonyl (C=O) groups is 2. The highest BCUT2D eigenvalue weighted by atomic mass is 35.5. The molecule has 0 aliphatic carbocycles. The number of nitrogens with zero attached hydrogens (tertiary/aromatic N) is 2. The molecule has 0 saturated carbocycles.